The van der Waals surface area contributed by atoms with Crippen LogP contribution in [0.2, 0.25) is 5.02 Å². The summed E-state index contributed by atoms with van der Waals surface area (Å²) in [5, 5.41) is 3.67. The van der Waals surface area contributed by atoms with Crippen LogP contribution in [0.3, 0.4) is 0 Å². The van der Waals surface area contributed by atoms with E-state index in [1.165, 1.54) is 0 Å². The SMILES string of the molecule is O=C(NCc1ccc[nH]1)C1(c2cccc(Cl)c2)CC1. The van der Waals surface area contributed by atoms with Crippen molar-refractivity contribution in [3.8, 4) is 0 Å². The minimum Gasteiger partial charge on any atom is -0.364 e. The van der Waals surface area contributed by atoms with E-state index in [0.29, 0.717) is 11.6 Å². The van der Waals surface area contributed by atoms with E-state index in [2.05, 4.69) is 10.3 Å². The lowest BCUT2D eigenvalue weighted by Crippen LogP contribution is -2.34. The number of benzene rings is 1. The predicted molar refractivity (Wildman–Crippen MR) is 75.0 cm³/mol. The van der Waals surface area contributed by atoms with Crippen LogP contribution < -0.4 is 5.32 Å². The first-order chi connectivity index (χ1) is 9.21. The lowest BCUT2D eigenvalue weighted by atomic mass is 9.95. The smallest absolute Gasteiger partial charge is 0.230 e. The Kier molecular flexibility index (Phi) is 3.07. The first-order valence-electron chi connectivity index (χ1n) is 6.37. The highest BCUT2D eigenvalue weighted by atomic mass is 35.5. The molecule has 1 saturated carbocycles. The Bertz CT molecular complexity index is 588. The first kappa shape index (κ1) is 12.3. The zero-order valence-electron chi connectivity index (χ0n) is 10.4. The molecule has 3 nitrogen and oxygen atoms in total. The van der Waals surface area contributed by atoms with Crippen LogP contribution in [0.1, 0.15) is 24.1 Å². The standard InChI is InChI=1S/C15H15ClN2O/c16-12-4-1-3-11(9-12)15(6-7-15)14(19)18-10-13-5-2-8-17-13/h1-5,8-9,17H,6-7,10H2,(H,18,19). The van der Waals surface area contributed by atoms with Gasteiger partial charge in [0.15, 0.2) is 0 Å². The molecule has 3 rings (SSSR count). The molecule has 0 unspecified atom stereocenters. The number of hydrogen-bond acceptors (Lipinski definition) is 1. The third kappa shape index (κ3) is 2.38. The van der Waals surface area contributed by atoms with Crippen molar-refractivity contribution in [2.75, 3.05) is 0 Å². The molecule has 1 aliphatic rings. The molecule has 1 heterocycles. The molecular weight excluding hydrogens is 260 g/mol. The lowest BCUT2D eigenvalue weighted by Gasteiger charge is -2.15. The highest BCUT2D eigenvalue weighted by Gasteiger charge is 2.51. The Morgan fingerprint density at radius 2 is 2.16 bits per heavy atom. The summed E-state index contributed by atoms with van der Waals surface area (Å²) >= 11 is 6.00. The highest BCUT2D eigenvalue weighted by molar-refractivity contribution is 6.30. The minimum atomic E-state index is -0.364. The van der Waals surface area contributed by atoms with Crippen LogP contribution in [0.15, 0.2) is 42.6 Å². The van der Waals surface area contributed by atoms with Gasteiger partial charge in [0.25, 0.3) is 0 Å². The number of aromatic amines is 1. The van der Waals surface area contributed by atoms with Crippen LogP contribution in [-0.4, -0.2) is 10.9 Å². The van der Waals surface area contributed by atoms with Crippen LogP contribution in [0.5, 0.6) is 0 Å². The summed E-state index contributed by atoms with van der Waals surface area (Å²) in [5.74, 6) is 0.0874. The number of amides is 1. The van der Waals surface area contributed by atoms with Crippen LogP contribution in [-0.2, 0) is 16.8 Å². The average molecular weight is 275 g/mol. The van der Waals surface area contributed by atoms with Crippen molar-refractivity contribution in [2.24, 2.45) is 0 Å². The van der Waals surface area contributed by atoms with Gasteiger partial charge < -0.3 is 10.3 Å². The molecule has 1 fully saturated rings. The maximum absolute atomic E-state index is 12.4. The van der Waals surface area contributed by atoms with E-state index in [9.17, 15) is 4.79 Å². The van der Waals surface area contributed by atoms with E-state index in [1.54, 1.807) is 0 Å². The van der Waals surface area contributed by atoms with Gasteiger partial charge in [-0.15, -0.1) is 0 Å². The number of carbonyl (C=O) groups is 1. The molecule has 0 saturated heterocycles. The number of nitrogens with one attached hydrogen (secondary N) is 2. The molecule has 1 aliphatic carbocycles. The van der Waals surface area contributed by atoms with E-state index in [4.69, 9.17) is 11.6 Å². The van der Waals surface area contributed by atoms with Crippen LogP contribution in [0, 0.1) is 0 Å². The molecule has 0 atom stereocenters. The molecule has 98 valence electrons. The second kappa shape index (κ2) is 4.74. The summed E-state index contributed by atoms with van der Waals surface area (Å²) in [5.41, 5.74) is 1.66. The second-order valence-corrected chi connectivity index (χ2v) is 5.41. The van der Waals surface area contributed by atoms with Crippen molar-refractivity contribution >= 4 is 17.5 Å². The summed E-state index contributed by atoms with van der Waals surface area (Å²) in [6.07, 6.45) is 3.64. The summed E-state index contributed by atoms with van der Waals surface area (Å²) in [7, 11) is 0. The van der Waals surface area contributed by atoms with Gasteiger partial charge in [-0.25, -0.2) is 0 Å². The van der Waals surface area contributed by atoms with Crippen LogP contribution in [0.4, 0.5) is 0 Å². The van der Waals surface area contributed by atoms with E-state index in [0.717, 1.165) is 24.1 Å². The zero-order chi connectivity index (χ0) is 13.3. The number of hydrogen-bond donors (Lipinski definition) is 2. The molecule has 0 bridgehead atoms. The van der Waals surface area contributed by atoms with Gasteiger partial charge in [-0.1, -0.05) is 23.7 Å². The largest absolute Gasteiger partial charge is 0.364 e. The fraction of sp³-hybridized carbons (Fsp3) is 0.267. The van der Waals surface area contributed by atoms with Gasteiger partial charge >= 0.3 is 0 Å². The summed E-state index contributed by atoms with van der Waals surface area (Å²) in [6.45, 7) is 0.536. The molecule has 4 heteroatoms. The molecule has 2 aromatic rings. The monoisotopic (exact) mass is 274 g/mol. The molecule has 19 heavy (non-hydrogen) atoms. The molecule has 0 radical (unpaired) electrons. The number of rotatable bonds is 4. The van der Waals surface area contributed by atoms with Gasteiger partial charge in [0.05, 0.1) is 12.0 Å². The summed E-state index contributed by atoms with van der Waals surface area (Å²) in [4.78, 5) is 15.4. The number of H-pyrrole nitrogens is 1. The normalized spacial score (nSPS) is 16.1. The molecule has 1 aromatic heterocycles. The van der Waals surface area contributed by atoms with Gasteiger partial charge in [-0.05, 0) is 42.7 Å². The van der Waals surface area contributed by atoms with Crippen molar-refractivity contribution in [3.05, 3.63) is 58.9 Å². The number of aromatic nitrogens is 1. The Morgan fingerprint density at radius 3 is 2.79 bits per heavy atom. The van der Waals surface area contributed by atoms with Gasteiger partial charge in [0, 0.05) is 16.9 Å². The van der Waals surface area contributed by atoms with E-state index in [-0.39, 0.29) is 11.3 Å². The van der Waals surface area contributed by atoms with E-state index < -0.39 is 0 Å². The first-order valence-corrected chi connectivity index (χ1v) is 6.75. The van der Waals surface area contributed by atoms with Gasteiger partial charge in [-0.3, -0.25) is 4.79 Å². The minimum absolute atomic E-state index is 0.0874. The highest BCUT2D eigenvalue weighted by Crippen LogP contribution is 2.48. The fourth-order valence-electron chi connectivity index (χ4n) is 2.38. The Labute approximate surface area is 117 Å². The second-order valence-electron chi connectivity index (χ2n) is 4.97. The maximum Gasteiger partial charge on any atom is 0.230 e. The quantitative estimate of drug-likeness (QED) is 0.884. The van der Waals surface area contributed by atoms with Gasteiger partial charge in [0.2, 0.25) is 5.91 Å². The topological polar surface area (TPSA) is 44.9 Å². The predicted octanol–water partition coefficient (Wildman–Crippen LogP) is 3.02. The molecular formula is C15H15ClN2O. The zero-order valence-corrected chi connectivity index (χ0v) is 11.2. The number of carbonyl (C=O) groups excluding carboxylic acids is 1. The molecule has 0 spiro atoms. The summed E-state index contributed by atoms with van der Waals surface area (Å²) < 4.78 is 0. The number of halogens is 1. The lowest BCUT2D eigenvalue weighted by molar-refractivity contribution is -0.123. The maximum atomic E-state index is 12.4. The fourth-order valence-corrected chi connectivity index (χ4v) is 2.57. The Balaban J connectivity index is 1.72. The summed E-state index contributed by atoms with van der Waals surface area (Å²) in [6, 6.07) is 11.5. The average Bonchev–Trinajstić information content (AvgIpc) is 3.06. The Hall–Kier alpha value is -1.74. The van der Waals surface area contributed by atoms with Gasteiger partial charge in [-0.2, -0.15) is 0 Å². The third-order valence-electron chi connectivity index (χ3n) is 3.66. The van der Waals surface area contributed by atoms with Gasteiger partial charge in [0.1, 0.15) is 0 Å². The van der Waals surface area contributed by atoms with Crippen molar-refractivity contribution in [1.29, 1.82) is 0 Å². The third-order valence-corrected chi connectivity index (χ3v) is 3.90. The van der Waals surface area contributed by atoms with Crippen molar-refractivity contribution < 1.29 is 4.79 Å². The molecule has 1 amide bonds. The molecule has 0 aliphatic heterocycles. The molecule has 1 aromatic carbocycles. The van der Waals surface area contributed by atoms with Crippen molar-refractivity contribution in [1.82, 2.24) is 10.3 Å². The van der Waals surface area contributed by atoms with E-state index in [1.807, 2.05) is 42.6 Å². The van der Waals surface area contributed by atoms with Crippen molar-refractivity contribution in [2.45, 2.75) is 24.8 Å². The van der Waals surface area contributed by atoms with E-state index >= 15 is 0 Å². The van der Waals surface area contributed by atoms with Crippen LogP contribution >= 0.6 is 11.6 Å². The molecule has 2 N–H and O–H groups in total. The Morgan fingerprint density at radius 1 is 1.32 bits per heavy atom. The van der Waals surface area contributed by atoms with Crippen LogP contribution in [0.25, 0.3) is 0 Å². The van der Waals surface area contributed by atoms with Crippen molar-refractivity contribution in [3.63, 3.8) is 0 Å².